The number of aromatic nitrogens is 1. The molecule has 0 saturated carbocycles. The van der Waals surface area contributed by atoms with Gasteiger partial charge in [-0.1, -0.05) is 6.07 Å². The van der Waals surface area contributed by atoms with Gasteiger partial charge < -0.3 is 10.6 Å². The molecule has 3 rings (SSSR count). The number of anilines is 2. The molecule has 0 unspecified atom stereocenters. The molecule has 1 aromatic heterocycles. The molecule has 1 aromatic carbocycles. The predicted octanol–water partition coefficient (Wildman–Crippen LogP) is 3.11. The molecule has 94 valence electrons. The van der Waals surface area contributed by atoms with E-state index in [4.69, 9.17) is 5.73 Å². The quantitative estimate of drug-likeness (QED) is 0.843. The summed E-state index contributed by atoms with van der Waals surface area (Å²) in [5, 5.41) is 3.36. The highest BCUT2D eigenvalue weighted by molar-refractivity contribution is 7.09. The lowest BCUT2D eigenvalue weighted by Gasteiger charge is -2.33. The summed E-state index contributed by atoms with van der Waals surface area (Å²) >= 11 is 1.78. The molecular weight excluding hydrogens is 242 g/mol. The zero-order chi connectivity index (χ0) is 12.4. The molecular formula is C14H17N3S. The van der Waals surface area contributed by atoms with E-state index in [1.807, 2.05) is 18.3 Å². The topological polar surface area (TPSA) is 42.1 Å². The average Bonchev–Trinajstić information content (AvgIpc) is 2.93. The van der Waals surface area contributed by atoms with E-state index in [1.165, 1.54) is 23.5 Å². The van der Waals surface area contributed by atoms with Crippen LogP contribution in [0.1, 0.15) is 23.8 Å². The maximum absolute atomic E-state index is 5.83. The molecule has 0 aliphatic carbocycles. The fourth-order valence-electron chi connectivity index (χ4n) is 2.54. The fourth-order valence-corrected chi connectivity index (χ4v) is 3.35. The van der Waals surface area contributed by atoms with Crippen molar-refractivity contribution in [3.63, 3.8) is 0 Å². The van der Waals surface area contributed by atoms with Gasteiger partial charge in [0.15, 0.2) is 0 Å². The molecule has 1 aliphatic rings. The molecule has 1 fully saturated rings. The molecule has 0 bridgehead atoms. The highest BCUT2D eigenvalue weighted by atomic mass is 32.1. The lowest BCUT2D eigenvalue weighted by Crippen LogP contribution is -2.32. The Labute approximate surface area is 111 Å². The first-order chi connectivity index (χ1) is 8.83. The normalized spacial score (nSPS) is 17.0. The van der Waals surface area contributed by atoms with Gasteiger partial charge in [-0.25, -0.2) is 4.98 Å². The summed E-state index contributed by atoms with van der Waals surface area (Å²) in [5.74, 6) is 0.641. The second-order valence-electron chi connectivity index (χ2n) is 4.73. The van der Waals surface area contributed by atoms with Crippen LogP contribution in [0.3, 0.4) is 0 Å². The smallest absolute Gasteiger partial charge is 0.0957 e. The summed E-state index contributed by atoms with van der Waals surface area (Å²) in [7, 11) is 0. The van der Waals surface area contributed by atoms with Crippen LogP contribution in [0.25, 0.3) is 0 Å². The molecule has 1 saturated heterocycles. The third kappa shape index (κ3) is 2.34. The van der Waals surface area contributed by atoms with E-state index in [0.717, 1.165) is 18.8 Å². The minimum absolute atomic E-state index is 0.641. The first-order valence-electron chi connectivity index (χ1n) is 6.33. The zero-order valence-corrected chi connectivity index (χ0v) is 11.1. The Hall–Kier alpha value is -1.55. The molecule has 2 heterocycles. The molecule has 4 heteroatoms. The van der Waals surface area contributed by atoms with Crippen molar-refractivity contribution in [2.24, 2.45) is 0 Å². The highest BCUT2D eigenvalue weighted by Crippen LogP contribution is 2.31. The van der Waals surface area contributed by atoms with Gasteiger partial charge in [-0.3, -0.25) is 0 Å². The number of hydrogen-bond acceptors (Lipinski definition) is 4. The van der Waals surface area contributed by atoms with E-state index in [0.29, 0.717) is 5.92 Å². The molecule has 0 amide bonds. The molecule has 1 aliphatic heterocycles. The van der Waals surface area contributed by atoms with Crippen LogP contribution in [0.5, 0.6) is 0 Å². The number of piperidine rings is 1. The molecule has 3 nitrogen and oxygen atoms in total. The molecule has 2 N–H and O–H groups in total. The molecule has 0 radical (unpaired) electrons. The van der Waals surface area contributed by atoms with Crippen LogP contribution in [-0.4, -0.2) is 18.1 Å². The predicted molar refractivity (Wildman–Crippen MR) is 77.2 cm³/mol. The van der Waals surface area contributed by atoms with Crippen molar-refractivity contribution >= 4 is 22.7 Å². The fraction of sp³-hybridized carbons (Fsp3) is 0.357. The van der Waals surface area contributed by atoms with Crippen LogP contribution in [-0.2, 0) is 0 Å². The summed E-state index contributed by atoms with van der Waals surface area (Å²) in [6, 6.07) is 8.16. The standard InChI is InChI=1S/C14H17N3S/c15-12-2-1-3-13(10-12)17-7-4-11(5-8-17)14-16-6-9-18-14/h1-3,6,9-11H,4-5,7-8,15H2. The second kappa shape index (κ2) is 4.98. The van der Waals surface area contributed by atoms with E-state index in [2.05, 4.69) is 27.4 Å². The largest absolute Gasteiger partial charge is 0.399 e. The van der Waals surface area contributed by atoms with Gasteiger partial charge >= 0.3 is 0 Å². The van der Waals surface area contributed by atoms with Crippen molar-refractivity contribution < 1.29 is 0 Å². The number of nitrogen functional groups attached to an aromatic ring is 1. The van der Waals surface area contributed by atoms with Gasteiger partial charge in [0.25, 0.3) is 0 Å². The minimum Gasteiger partial charge on any atom is -0.399 e. The Morgan fingerprint density at radius 3 is 2.78 bits per heavy atom. The van der Waals surface area contributed by atoms with E-state index in [9.17, 15) is 0 Å². The number of hydrogen-bond donors (Lipinski definition) is 1. The van der Waals surface area contributed by atoms with Crippen LogP contribution in [0.2, 0.25) is 0 Å². The summed E-state index contributed by atoms with van der Waals surface area (Å²) in [6.07, 6.45) is 4.27. The highest BCUT2D eigenvalue weighted by Gasteiger charge is 2.22. The van der Waals surface area contributed by atoms with Gasteiger partial charge in [0.05, 0.1) is 5.01 Å². The van der Waals surface area contributed by atoms with Gasteiger partial charge in [0.2, 0.25) is 0 Å². The van der Waals surface area contributed by atoms with Crippen LogP contribution in [0.15, 0.2) is 35.8 Å². The number of nitrogens with zero attached hydrogens (tertiary/aromatic N) is 2. The lowest BCUT2D eigenvalue weighted by atomic mass is 9.97. The van der Waals surface area contributed by atoms with Crippen molar-refractivity contribution in [2.45, 2.75) is 18.8 Å². The Morgan fingerprint density at radius 2 is 2.11 bits per heavy atom. The van der Waals surface area contributed by atoms with Crippen molar-refractivity contribution in [3.8, 4) is 0 Å². The van der Waals surface area contributed by atoms with Gasteiger partial charge in [-0.2, -0.15) is 0 Å². The molecule has 2 aromatic rings. The maximum Gasteiger partial charge on any atom is 0.0957 e. The summed E-state index contributed by atoms with van der Waals surface area (Å²) in [6.45, 7) is 2.18. The van der Waals surface area contributed by atoms with Gasteiger partial charge in [0.1, 0.15) is 0 Å². The number of thiazole rings is 1. The van der Waals surface area contributed by atoms with E-state index >= 15 is 0 Å². The zero-order valence-electron chi connectivity index (χ0n) is 10.2. The first-order valence-corrected chi connectivity index (χ1v) is 7.21. The molecule has 0 atom stereocenters. The van der Waals surface area contributed by atoms with Gasteiger partial charge in [-0.05, 0) is 31.0 Å². The minimum atomic E-state index is 0.641. The Bertz CT molecular complexity index is 502. The van der Waals surface area contributed by atoms with Crippen molar-refractivity contribution in [1.29, 1.82) is 0 Å². The first kappa shape index (κ1) is 11.5. The van der Waals surface area contributed by atoms with Crippen LogP contribution in [0, 0.1) is 0 Å². The summed E-state index contributed by atoms with van der Waals surface area (Å²) < 4.78 is 0. The number of rotatable bonds is 2. The Balaban J connectivity index is 1.67. The van der Waals surface area contributed by atoms with Gasteiger partial charge in [-0.15, -0.1) is 11.3 Å². The monoisotopic (exact) mass is 259 g/mol. The second-order valence-corrected chi connectivity index (χ2v) is 5.65. The van der Waals surface area contributed by atoms with E-state index in [-0.39, 0.29) is 0 Å². The number of nitrogens with two attached hydrogens (primary N) is 1. The van der Waals surface area contributed by atoms with Crippen molar-refractivity contribution in [2.75, 3.05) is 23.7 Å². The Kier molecular flexibility index (Phi) is 3.19. The number of benzene rings is 1. The van der Waals surface area contributed by atoms with Crippen molar-refractivity contribution in [1.82, 2.24) is 4.98 Å². The van der Waals surface area contributed by atoms with Gasteiger partial charge in [0, 0.05) is 42.0 Å². The Morgan fingerprint density at radius 1 is 1.28 bits per heavy atom. The molecule has 18 heavy (non-hydrogen) atoms. The average molecular weight is 259 g/mol. The van der Waals surface area contributed by atoms with Crippen molar-refractivity contribution in [3.05, 3.63) is 40.8 Å². The third-order valence-corrected chi connectivity index (χ3v) is 4.47. The van der Waals surface area contributed by atoms with E-state index < -0.39 is 0 Å². The van der Waals surface area contributed by atoms with E-state index in [1.54, 1.807) is 11.3 Å². The lowest BCUT2D eigenvalue weighted by molar-refractivity contribution is 0.504. The summed E-state index contributed by atoms with van der Waals surface area (Å²) in [4.78, 5) is 6.85. The summed E-state index contributed by atoms with van der Waals surface area (Å²) in [5.41, 5.74) is 7.92. The SMILES string of the molecule is Nc1cccc(N2CCC(c3nccs3)CC2)c1. The third-order valence-electron chi connectivity index (χ3n) is 3.53. The van der Waals surface area contributed by atoms with Crippen LogP contribution < -0.4 is 10.6 Å². The van der Waals surface area contributed by atoms with Crippen LogP contribution in [0.4, 0.5) is 11.4 Å². The maximum atomic E-state index is 5.83. The molecule has 0 spiro atoms. The van der Waals surface area contributed by atoms with Crippen LogP contribution >= 0.6 is 11.3 Å².